The van der Waals surface area contributed by atoms with Crippen LogP contribution in [-0.2, 0) is 0 Å². The molecule has 124 heavy (non-hydrogen) atoms. The van der Waals surface area contributed by atoms with Crippen molar-refractivity contribution in [2.75, 3.05) is 0 Å². The van der Waals surface area contributed by atoms with E-state index < -0.39 is 34.3 Å². The van der Waals surface area contributed by atoms with Gasteiger partial charge in [0.15, 0.2) is 0 Å². The first-order valence-electron chi connectivity index (χ1n) is 44.2. The van der Waals surface area contributed by atoms with E-state index in [1.807, 2.05) is 162 Å². The van der Waals surface area contributed by atoms with E-state index in [2.05, 4.69) is 30.9 Å². The second-order valence-corrected chi connectivity index (χ2v) is 36.0. The van der Waals surface area contributed by atoms with E-state index >= 15 is 28.8 Å². The summed E-state index contributed by atoms with van der Waals surface area (Å²) in [6, 6.07) is 26.0. The molecule has 3 N–H and O–H groups in total. The average molecular weight is 1710 g/mol. The van der Waals surface area contributed by atoms with Crippen LogP contribution >= 0.6 is 15.9 Å². The largest absolute Gasteiger partial charge is 0.354 e. The SMILES string of the molecule is CCC(CC)n1c(=O)c2ccc3c4c(-c5cc6c(=O)n(C(CC)CC)c(=O)c7cc8[nH]c9cc%10c(=O)n(C(CC)CC)c(=O)c%11ccc%12c5c(c67)c8c9c%12c%11%10)cc5c(=O)n(C(CC)CC)c(=O)c6cc7[nH]c8cc(c1=O)c2c3c8c7c4c56.CCC(CC)n1c(=O)c2ccc3c4c(Br)cc5c(=O)n(C(CC)CC)c(=O)c6cc7[nH]c8cc(c1=O)c2c3c8c7c4c56. The third kappa shape index (κ3) is 8.88. The van der Waals surface area contributed by atoms with Gasteiger partial charge < -0.3 is 15.0 Å². The standard InChI is InChI=1S/C68H56N6O8.C34H28BrN3O4/c1-9-27(10-2)71-61(75)33-19-17-31-47-35(21-37-51-41(67(81)73(63(37)77)29(13-5)14-6)25-45-57(59(47)51)55-43(69-45)23-39(65(71)79)49(33)53(31)55)36-22-38-52-42(68(82)74(64(38)78)30(15-7)16-8)26-46-58-56-44(70-46)24-40-50-34(20-18-32(54(50)56)48(36)60(52)58)62(76)72(66(40)80)28(11-3)12-4;1-5-14(6-2)37-31(39)17-10-9-16-26-21(35)11-18-25-20(34(42)38(32(18)40)15(7-3)8-4)13-23-29(30(25)26)28-22(36-23)12-19(33(37)41)24(17)27(16)28/h17-30,69-70H,9-16H2,1-8H3;9-15,36H,5-8H2,1-4H3. The molecule has 0 spiro atoms. The highest BCUT2D eigenvalue weighted by Gasteiger charge is 2.37. The molecular weight excluding hydrogens is 1620 g/mol. The Bertz CT molecular complexity index is 9230. The Morgan fingerprint density at radius 3 is 0.589 bits per heavy atom. The Morgan fingerprint density at radius 2 is 0.363 bits per heavy atom. The number of hydrogen-bond donors (Lipinski definition) is 3. The predicted octanol–water partition coefficient (Wildman–Crippen LogP) is 20.6. The summed E-state index contributed by atoms with van der Waals surface area (Å²) in [6.07, 6.45) is 7.11. The molecular formula is C102H84BrN9O12. The van der Waals surface area contributed by atoms with Crippen molar-refractivity contribution >= 4 is 243 Å². The first-order chi connectivity index (χ1) is 60.0. The molecule has 0 aliphatic rings. The van der Waals surface area contributed by atoms with Crippen molar-refractivity contribution in [2.45, 2.75) is 196 Å². The molecule has 0 fully saturated rings. The van der Waals surface area contributed by atoms with Crippen LogP contribution in [0, 0.1) is 0 Å². The third-order valence-corrected chi connectivity index (χ3v) is 30.5. The van der Waals surface area contributed by atoms with Gasteiger partial charge in [-0.05, 0) is 188 Å². The highest BCUT2D eigenvalue weighted by atomic mass is 79.9. The molecule has 24 rings (SSSR count). The maximum atomic E-state index is 15.7. The maximum absolute atomic E-state index is 15.7. The summed E-state index contributed by atoms with van der Waals surface area (Å²) in [5, 5.41) is 21.9. The van der Waals surface area contributed by atoms with E-state index in [9.17, 15) is 28.8 Å². The van der Waals surface area contributed by atoms with Gasteiger partial charge in [0.2, 0.25) is 0 Å². The number of benzene rings is 15. The molecule has 0 radical (unpaired) electrons. The van der Waals surface area contributed by atoms with E-state index in [1.165, 1.54) is 27.4 Å². The van der Waals surface area contributed by atoms with Crippen molar-refractivity contribution in [3.8, 4) is 11.1 Å². The van der Waals surface area contributed by atoms with E-state index in [-0.39, 0.29) is 68.6 Å². The summed E-state index contributed by atoms with van der Waals surface area (Å²) >= 11 is 3.80. The van der Waals surface area contributed by atoms with Gasteiger partial charge in [-0.15, -0.1) is 0 Å². The fourth-order valence-electron chi connectivity index (χ4n) is 24.1. The Hall–Kier alpha value is -13.1. The molecule has 0 amide bonds. The fraction of sp³-hybridized carbons (Fsp3) is 0.294. The predicted molar refractivity (Wildman–Crippen MR) is 512 cm³/mol. The molecule has 0 unspecified atom stereocenters. The van der Waals surface area contributed by atoms with Gasteiger partial charge in [0.25, 0.3) is 66.7 Å². The lowest BCUT2D eigenvalue weighted by atomic mass is 9.79. The van der Waals surface area contributed by atoms with Gasteiger partial charge in [-0.25, -0.2) is 0 Å². The first-order valence-corrected chi connectivity index (χ1v) is 45.0. The number of H-pyrrole nitrogens is 3. The molecule has 0 aliphatic carbocycles. The summed E-state index contributed by atoms with van der Waals surface area (Å²) in [4.78, 5) is 189. The molecule has 15 aromatic carbocycles. The third-order valence-electron chi connectivity index (χ3n) is 29.9. The number of halogens is 1. The number of aromatic nitrogens is 9. The number of hydrogen-bond acceptors (Lipinski definition) is 12. The van der Waals surface area contributed by atoms with Crippen molar-refractivity contribution in [3.63, 3.8) is 0 Å². The minimum atomic E-state index is -0.448. The van der Waals surface area contributed by atoms with Crippen LogP contribution in [0.25, 0.3) is 238 Å². The first kappa shape index (κ1) is 75.9. The lowest BCUT2D eigenvalue weighted by Crippen LogP contribution is -2.36. The van der Waals surface area contributed by atoms with Crippen molar-refractivity contribution < 1.29 is 0 Å². The van der Waals surface area contributed by atoms with Gasteiger partial charge in [0.05, 0.1) is 32.3 Å². The van der Waals surface area contributed by atoms with Crippen LogP contribution in [-0.4, -0.2) is 42.4 Å². The summed E-state index contributed by atoms with van der Waals surface area (Å²) in [6.45, 7) is 23.7. The number of rotatable bonds is 19. The van der Waals surface area contributed by atoms with Gasteiger partial charge in [0, 0.05) is 208 Å². The number of nitrogens with zero attached hydrogens (tertiary/aromatic N) is 6. The molecule has 0 saturated carbocycles. The van der Waals surface area contributed by atoms with E-state index in [1.54, 1.807) is 12.1 Å². The number of aromatic amines is 3. The highest BCUT2D eigenvalue weighted by Crippen LogP contribution is 2.57. The lowest BCUT2D eigenvalue weighted by Gasteiger charge is -2.24. The van der Waals surface area contributed by atoms with E-state index in [0.717, 1.165) is 69.4 Å². The molecule has 24 aromatic rings. The molecule has 0 atom stereocenters. The van der Waals surface area contributed by atoms with Crippen LogP contribution in [0.2, 0.25) is 0 Å². The number of nitrogens with one attached hydrogen (secondary N) is 3. The number of pyridine rings is 6. The molecule has 21 nitrogen and oxygen atoms in total. The van der Waals surface area contributed by atoms with E-state index in [4.69, 9.17) is 0 Å². The normalized spacial score (nSPS) is 13.3. The number of fused-ring (bicyclic) bond motifs is 3. The zero-order chi connectivity index (χ0) is 86.1. The van der Waals surface area contributed by atoms with Crippen LogP contribution in [0.1, 0.15) is 196 Å². The zero-order valence-electron chi connectivity index (χ0n) is 70.6. The van der Waals surface area contributed by atoms with Gasteiger partial charge in [-0.2, -0.15) is 0 Å². The van der Waals surface area contributed by atoms with Gasteiger partial charge in [-0.3, -0.25) is 84.9 Å². The second-order valence-electron chi connectivity index (χ2n) is 35.1. The zero-order valence-corrected chi connectivity index (χ0v) is 72.2. The Labute approximate surface area is 708 Å². The molecule has 22 heteroatoms. The Kier molecular flexibility index (Phi) is 15.9. The Balaban J connectivity index is 0.000000177. The highest BCUT2D eigenvalue weighted by molar-refractivity contribution is 9.10. The van der Waals surface area contributed by atoms with Crippen molar-refractivity contribution in [2.24, 2.45) is 0 Å². The second kappa shape index (κ2) is 26.0. The van der Waals surface area contributed by atoms with Crippen molar-refractivity contribution in [3.05, 3.63) is 220 Å². The quantitative estimate of drug-likeness (QED) is 0.0503. The van der Waals surface area contributed by atoms with Crippen LogP contribution < -0.4 is 66.7 Å². The molecule has 9 aromatic heterocycles. The molecule has 0 saturated heterocycles. The van der Waals surface area contributed by atoms with Crippen molar-refractivity contribution in [1.82, 2.24) is 42.4 Å². The minimum Gasteiger partial charge on any atom is -0.354 e. The summed E-state index contributed by atoms with van der Waals surface area (Å²) in [5.74, 6) is 0. The fourth-order valence-corrected chi connectivity index (χ4v) is 24.7. The molecule has 0 bridgehead atoms. The smallest absolute Gasteiger partial charge is 0.261 e. The minimum absolute atomic E-state index is 0.183. The van der Waals surface area contributed by atoms with Gasteiger partial charge in [0.1, 0.15) is 0 Å². The summed E-state index contributed by atoms with van der Waals surface area (Å²) in [7, 11) is 0. The van der Waals surface area contributed by atoms with Gasteiger partial charge >= 0.3 is 0 Å². The van der Waals surface area contributed by atoms with Crippen LogP contribution in [0.3, 0.4) is 0 Å². The van der Waals surface area contributed by atoms with Crippen LogP contribution in [0.15, 0.2) is 153 Å². The van der Waals surface area contributed by atoms with Crippen LogP contribution in [0.5, 0.6) is 0 Å². The molecule has 9 heterocycles. The van der Waals surface area contributed by atoms with Gasteiger partial charge in [-0.1, -0.05) is 117 Å². The summed E-state index contributed by atoms with van der Waals surface area (Å²) in [5.41, 5.74) is 0.861. The maximum Gasteiger partial charge on any atom is 0.261 e. The van der Waals surface area contributed by atoms with Crippen LogP contribution in [0.4, 0.5) is 0 Å². The van der Waals surface area contributed by atoms with Crippen molar-refractivity contribution in [1.29, 1.82) is 0 Å². The Morgan fingerprint density at radius 1 is 0.194 bits per heavy atom. The molecule has 0 aliphatic heterocycles. The van der Waals surface area contributed by atoms with E-state index in [0.29, 0.717) is 250 Å². The monoisotopic (exact) mass is 1710 g/mol. The average Bonchev–Trinajstić information content (AvgIpc) is 1.36. The summed E-state index contributed by atoms with van der Waals surface area (Å²) < 4.78 is 9.21. The topological polar surface area (TPSA) is 282 Å². The molecule has 616 valence electrons. The lowest BCUT2D eigenvalue weighted by molar-refractivity contribution is 0.451.